The minimum Gasteiger partial charge on any atom is -0.397 e. The Morgan fingerprint density at radius 1 is 1.29 bits per heavy atom. The molecule has 1 aliphatic carbocycles. The lowest BCUT2D eigenvalue weighted by Gasteiger charge is -2.16. The summed E-state index contributed by atoms with van der Waals surface area (Å²) in [5, 5.41) is 4.14. The first-order valence-electron chi connectivity index (χ1n) is 5.08. The van der Waals surface area contributed by atoms with Crippen molar-refractivity contribution < 1.29 is 0 Å². The Kier molecular flexibility index (Phi) is 2.82. The Morgan fingerprint density at radius 2 is 2.00 bits per heavy atom. The second-order valence-corrected chi connectivity index (χ2v) is 4.24. The number of nitrogens with one attached hydrogen (secondary N) is 1. The highest BCUT2D eigenvalue weighted by atomic mass is 35.5. The highest BCUT2D eigenvalue weighted by Crippen LogP contribution is 2.31. The molecular formula is C11H15ClN2. The van der Waals surface area contributed by atoms with Crippen molar-refractivity contribution in [2.75, 3.05) is 11.1 Å². The van der Waals surface area contributed by atoms with Crippen LogP contribution < -0.4 is 11.1 Å². The molecule has 0 radical (unpaired) electrons. The zero-order chi connectivity index (χ0) is 9.97. The van der Waals surface area contributed by atoms with E-state index in [1.807, 2.05) is 18.2 Å². The van der Waals surface area contributed by atoms with E-state index in [9.17, 15) is 0 Å². The number of hydrogen-bond donors (Lipinski definition) is 2. The minimum atomic E-state index is 0.553. The Bertz CT molecular complexity index is 299. The molecule has 1 saturated carbocycles. The lowest BCUT2D eigenvalue weighted by atomic mass is 10.2. The molecule has 1 fully saturated rings. The van der Waals surface area contributed by atoms with Crippen molar-refractivity contribution >= 4 is 23.0 Å². The second-order valence-electron chi connectivity index (χ2n) is 3.83. The van der Waals surface area contributed by atoms with Crippen molar-refractivity contribution in [3.63, 3.8) is 0 Å². The fourth-order valence-electron chi connectivity index (χ4n) is 1.97. The van der Waals surface area contributed by atoms with Crippen molar-refractivity contribution in [2.45, 2.75) is 31.7 Å². The van der Waals surface area contributed by atoms with Gasteiger partial charge in [0.2, 0.25) is 0 Å². The predicted molar refractivity (Wildman–Crippen MR) is 61.7 cm³/mol. The molecule has 0 spiro atoms. The molecule has 0 heterocycles. The summed E-state index contributed by atoms with van der Waals surface area (Å²) in [6.45, 7) is 0. The molecule has 0 bridgehead atoms. The summed E-state index contributed by atoms with van der Waals surface area (Å²) >= 11 is 6.07. The van der Waals surface area contributed by atoms with Crippen LogP contribution in [-0.2, 0) is 0 Å². The average molecular weight is 211 g/mol. The third kappa shape index (κ3) is 1.95. The summed E-state index contributed by atoms with van der Waals surface area (Å²) in [4.78, 5) is 0. The normalized spacial score (nSPS) is 17.2. The van der Waals surface area contributed by atoms with Gasteiger partial charge in [-0.15, -0.1) is 0 Å². The molecule has 0 atom stereocenters. The minimum absolute atomic E-state index is 0.553. The topological polar surface area (TPSA) is 38.0 Å². The number of halogens is 1. The standard InChI is InChI=1S/C11H15ClN2/c12-9-6-3-7-10(13)11(9)14-8-4-1-2-5-8/h3,6-8,14H,1-2,4-5,13H2. The predicted octanol–water partition coefficient (Wildman–Crippen LogP) is 3.28. The van der Waals surface area contributed by atoms with Crippen molar-refractivity contribution in [3.8, 4) is 0 Å². The average Bonchev–Trinajstić information content (AvgIpc) is 2.64. The van der Waals surface area contributed by atoms with E-state index in [0.717, 1.165) is 16.4 Å². The molecule has 1 aliphatic rings. The smallest absolute Gasteiger partial charge is 0.0765 e. The van der Waals surface area contributed by atoms with Gasteiger partial charge in [-0.25, -0.2) is 0 Å². The van der Waals surface area contributed by atoms with Gasteiger partial charge in [-0.1, -0.05) is 30.5 Å². The summed E-state index contributed by atoms with van der Waals surface area (Å²) in [6, 6.07) is 6.17. The van der Waals surface area contributed by atoms with Gasteiger partial charge >= 0.3 is 0 Å². The van der Waals surface area contributed by atoms with Crippen LogP contribution in [0.1, 0.15) is 25.7 Å². The van der Waals surface area contributed by atoms with E-state index in [-0.39, 0.29) is 0 Å². The maximum absolute atomic E-state index is 6.07. The molecule has 2 rings (SSSR count). The SMILES string of the molecule is Nc1cccc(Cl)c1NC1CCCC1. The molecule has 0 aromatic heterocycles. The first kappa shape index (κ1) is 9.66. The van der Waals surface area contributed by atoms with Crippen LogP contribution in [0.4, 0.5) is 11.4 Å². The number of para-hydroxylation sites is 1. The van der Waals surface area contributed by atoms with E-state index in [4.69, 9.17) is 17.3 Å². The zero-order valence-electron chi connectivity index (χ0n) is 8.09. The van der Waals surface area contributed by atoms with Crippen LogP contribution in [0, 0.1) is 0 Å². The second kappa shape index (κ2) is 4.09. The molecule has 0 aliphatic heterocycles. The van der Waals surface area contributed by atoms with Gasteiger partial charge in [-0.05, 0) is 25.0 Å². The molecule has 0 amide bonds. The number of nitrogen functional groups attached to an aromatic ring is 1. The van der Waals surface area contributed by atoms with Crippen LogP contribution in [-0.4, -0.2) is 6.04 Å². The fourth-order valence-corrected chi connectivity index (χ4v) is 2.20. The number of nitrogens with two attached hydrogens (primary N) is 1. The van der Waals surface area contributed by atoms with Gasteiger partial charge in [-0.2, -0.15) is 0 Å². The number of benzene rings is 1. The van der Waals surface area contributed by atoms with Crippen molar-refractivity contribution in [2.24, 2.45) is 0 Å². The van der Waals surface area contributed by atoms with Gasteiger partial charge in [-0.3, -0.25) is 0 Å². The van der Waals surface area contributed by atoms with Crippen LogP contribution in [0.5, 0.6) is 0 Å². The monoisotopic (exact) mass is 210 g/mol. The molecule has 1 aromatic rings. The van der Waals surface area contributed by atoms with E-state index in [1.165, 1.54) is 25.7 Å². The molecule has 0 unspecified atom stereocenters. The van der Waals surface area contributed by atoms with E-state index in [1.54, 1.807) is 0 Å². The van der Waals surface area contributed by atoms with Gasteiger partial charge < -0.3 is 11.1 Å². The third-order valence-electron chi connectivity index (χ3n) is 2.75. The van der Waals surface area contributed by atoms with E-state index < -0.39 is 0 Å². The Hall–Kier alpha value is -0.890. The van der Waals surface area contributed by atoms with Crippen molar-refractivity contribution in [1.29, 1.82) is 0 Å². The highest BCUT2D eigenvalue weighted by Gasteiger charge is 2.16. The lowest BCUT2D eigenvalue weighted by molar-refractivity contribution is 0.756. The molecule has 14 heavy (non-hydrogen) atoms. The van der Waals surface area contributed by atoms with Crippen LogP contribution >= 0.6 is 11.6 Å². The van der Waals surface area contributed by atoms with Crippen LogP contribution in [0.25, 0.3) is 0 Å². The highest BCUT2D eigenvalue weighted by molar-refractivity contribution is 6.33. The van der Waals surface area contributed by atoms with E-state index in [2.05, 4.69) is 5.32 Å². The third-order valence-corrected chi connectivity index (χ3v) is 3.06. The number of hydrogen-bond acceptors (Lipinski definition) is 2. The quantitative estimate of drug-likeness (QED) is 0.736. The fraction of sp³-hybridized carbons (Fsp3) is 0.455. The summed E-state index contributed by atoms with van der Waals surface area (Å²) < 4.78 is 0. The largest absolute Gasteiger partial charge is 0.397 e. The molecular weight excluding hydrogens is 196 g/mol. The molecule has 2 nitrogen and oxygen atoms in total. The van der Waals surface area contributed by atoms with Crippen LogP contribution in [0.3, 0.4) is 0 Å². The van der Waals surface area contributed by atoms with E-state index in [0.29, 0.717) is 6.04 Å². The number of rotatable bonds is 2. The van der Waals surface area contributed by atoms with Crippen LogP contribution in [0.15, 0.2) is 18.2 Å². The summed E-state index contributed by atoms with van der Waals surface area (Å²) in [7, 11) is 0. The van der Waals surface area contributed by atoms with Gasteiger partial charge in [0, 0.05) is 6.04 Å². The molecule has 3 N–H and O–H groups in total. The molecule has 0 saturated heterocycles. The molecule has 76 valence electrons. The zero-order valence-corrected chi connectivity index (χ0v) is 8.85. The lowest BCUT2D eigenvalue weighted by Crippen LogP contribution is -2.15. The van der Waals surface area contributed by atoms with Gasteiger partial charge in [0.1, 0.15) is 0 Å². The van der Waals surface area contributed by atoms with Crippen molar-refractivity contribution in [1.82, 2.24) is 0 Å². The summed E-state index contributed by atoms with van der Waals surface area (Å²) in [5.74, 6) is 0. The summed E-state index contributed by atoms with van der Waals surface area (Å²) in [6.07, 6.45) is 5.07. The molecule has 1 aromatic carbocycles. The maximum Gasteiger partial charge on any atom is 0.0765 e. The number of anilines is 2. The first-order valence-corrected chi connectivity index (χ1v) is 5.45. The Balaban J connectivity index is 2.14. The maximum atomic E-state index is 6.07. The van der Waals surface area contributed by atoms with Crippen LogP contribution in [0.2, 0.25) is 5.02 Å². The first-order chi connectivity index (χ1) is 6.77. The van der Waals surface area contributed by atoms with Crippen molar-refractivity contribution in [3.05, 3.63) is 23.2 Å². The van der Waals surface area contributed by atoms with Gasteiger partial charge in [0.05, 0.1) is 16.4 Å². The molecule has 3 heteroatoms. The summed E-state index contributed by atoms with van der Waals surface area (Å²) in [5.41, 5.74) is 7.50. The Morgan fingerprint density at radius 3 is 2.64 bits per heavy atom. The Labute approximate surface area is 89.4 Å². The van der Waals surface area contributed by atoms with E-state index >= 15 is 0 Å². The van der Waals surface area contributed by atoms with Gasteiger partial charge in [0.15, 0.2) is 0 Å². The van der Waals surface area contributed by atoms with Gasteiger partial charge in [0.25, 0.3) is 0 Å².